The first-order valence-corrected chi connectivity index (χ1v) is 11.7. The van der Waals surface area contributed by atoms with Gasteiger partial charge in [0.1, 0.15) is 0 Å². The Morgan fingerprint density at radius 2 is 1.97 bits per heavy atom. The molecular weight excluding hydrogens is 422 g/mol. The van der Waals surface area contributed by atoms with Gasteiger partial charge in [-0.15, -0.1) is 11.3 Å². The van der Waals surface area contributed by atoms with Gasteiger partial charge in [0.2, 0.25) is 0 Å². The fourth-order valence-corrected chi connectivity index (χ4v) is 5.79. The lowest BCUT2D eigenvalue weighted by molar-refractivity contribution is -0.0322. The van der Waals surface area contributed by atoms with Gasteiger partial charge >= 0.3 is 0 Å². The smallest absolute Gasteiger partial charge is 0.261 e. The van der Waals surface area contributed by atoms with Crippen molar-refractivity contribution in [2.24, 2.45) is 7.05 Å². The molecule has 0 unspecified atom stereocenters. The van der Waals surface area contributed by atoms with Crippen LogP contribution in [-0.2, 0) is 18.3 Å². The summed E-state index contributed by atoms with van der Waals surface area (Å²) < 4.78 is 9.47. The van der Waals surface area contributed by atoms with Gasteiger partial charge in [0.15, 0.2) is 0 Å². The first-order valence-electron chi connectivity index (χ1n) is 10.9. The molecule has 0 bridgehead atoms. The molecule has 1 aliphatic rings. The van der Waals surface area contributed by atoms with Crippen LogP contribution in [-0.4, -0.2) is 53.3 Å². The summed E-state index contributed by atoms with van der Waals surface area (Å²) >= 11 is 1.49. The summed E-state index contributed by atoms with van der Waals surface area (Å²) in [7, 11) is 2.09. The molecule has 2 aromatic heterocycles. The average molecular weight is 450 g/mol. The maximum atomic E-state index is 12.9. The third kappa shape index (κ3) is 3.93. The van der Waals surface area contributed by atoms with Gasteiger partial charge in [0, 0.05) is 60.6 Å². The number of morpholine rings is 1. The van der Waals surface area contributed by atoms with Crippen LogP contribution in [0.1, 0.15) is 26.9 Å². The molecule has 2 aromatic carbocycles. The number of hydrogen-bond donors (Lipinski definition) is 2. The Morgan fingerprint density at radius 1 is 1.19 bits per heavy atom. The molecule has 1 amide bonds. The van der Waals surface area contributed by atoms with Gasteiger partial charge in [-0.2, -0.15) is 0 Å². The number of para-hydroxylation sites is 1. The second-order valence-corrected chi connectivity index (χ2v) is 9.25. The number of rotatable bonds is 6. The largest absolute Gasteiger partial charge is 0.395 e. The molecule has 0 spiro atoms. The second kappa shape index (κ2) is 9.03. The van der Waals surface area contributed by atoms with Crippen LogP contribution in [0.3, 0.4) is 0 Å². The minimum atomic E-state index is -0.176. The van der Waals surface area contributed by atoms with Crippen molar-refractivity contribution in [1.29, 1.82) is 0 Å². The maximum Gasteiger partial charge on any atom is 0.261 e. The molecule has 3 heterocycles. The number of hydrogen-bond acceptors (Lipinski definition) is 5. The minimum absolute atomic E-state index is 0.0787. The van der Waals surface area contributed by atoms with Crippen LogP contribution in [0.4, 0.5) is 0 Å². The Labute approximate surface area is 191 Å². The number of ether oxygens (including phenoxy) is 1. The molecule has 0 saturated carbocycles. The highest BCUT2D eigenvalue weighted by atomic mass is 32.1. The van der Waals surface area contributed by atoms with Gasteiger partial charge in [-0.05, 0) is 23.1 Å². The number of aryl methyl sites for hydroxylation is 1. The summed E-state index contributed by atoms with van der Waals surface area (Å²) in [4.78, 5) is 16.0. The summed E-state index contributed by atoms with van der Waals surface area (Å²) in [5.74, 6) is -0.148. The van der Waals surface area contributed by atoms with Crippen molar-refractivity contribution < 1.29 is 14.6 Å². The zero-order chi connectivity index (χ0) is 22.1. The summed E-state index contributed by atoms with van der Waals surface area (Å²) in [6, 6.07) is 16.6. The topological polar surface area (TPSA) is 66.7 Å². The molecule has 32 heavy (non-hydrogen) atoms. The molecule has 1 saturated heterocycles. The van der Waals surface area contributed by atoms with E-state index in [1.165, 1.54) is 27.8 Å². The van der Waals surface area contributed by atoms with Crippen molar-refractivity contribution in [1.82, 2.24) is 14.8 Å². The van der Waals surface area contributed by atoms with Crippen LogP contribution < -0.4 is 5.32 Å². The number of aliphatic hydroxyl groups is 1. The van der Waals surface area contributed by atoms with Crippen molar-refractivity contribution in [3.63, 3.8) is 0 Å². The quantitative estimate of drug-likeness (QED) is 0.471. The molecule has 1 aliphatic heterocycles. The van der Waals surface area contributed by atoms with Gasteiger partial charge in [-0.25, -0.2) is 0 Å². The van der Waals surface area contributed by atoms with E-state index in [9.17, 15) is 4.79 Å². The van der Waals surface area contributed by atoms with Crippen LogP contribution in [0, 0.1) is 0 Å². The number of thiophene rings is 1. The van der Waals surface area contributed by atoms with Gasteiger partial charge in [0.25, 0.3) is 5.91 Å². The standard InChI is InChI=1S/C25H27N3O3S/c1-27-14-17(18-6-2-4-8-20(18)27)15-28-11-13-31-21(16-28)23-19-7-3-5-9-22(19)32-24(23)25(30)26-10-12-29/h2-9,14,21,29H,10-13,15-16H2,1H3,(H,26,30)/t21-/m0/s1. The molecular formula is C25H27N3O3S. The lowest BCUT2D eigenvalue weighted by Gasteiger charge is -2.33. The fraction of sp³-hybridized carbons (Fsp3) is 0.320. The summed E-state index contributed by atoms with van der Waals surface area (Å²) in [6.45, 7) is 3.21. The highest BCUT2D eigenvalue weighted by Crippen LogP contribution is 2.38. The molecule has 4 aromatic rings. The normalized spacial score (nSPS) is 17.2. The Hall–Kier alpha value is -2.71. The highest BCUT2D eigenvalue weighted by molar-refractivity contribution is 7.21. The average Bonchev–Trinajstić information content (AvgIpc) is 3.36. The number of nitrogens with zero attached hydrogens (tertiary/aromatic N) is 2. The molecule has 166 valence electrons. The Morgan fingerprint density at radius 3 is 2.81 bits per heavy atom. The molecule has 7 heteroatoms. The third-order valence-corrected chi connectivity index (χ3v) is 7.27. The number of carbonyl (C=O) groups is 1. The van der Waals surface area contributed by atoms with Gasteiger partial charge in [-0.3, -0.25) is 9.69 Å². The van der Waals surface area contributed by atoms with E-state index in [4.69, 9.17) is 9.84 Å². The SMILES string of the molecule is Cn1cc(CN2CCO[C@H](c3c(C(=O)NCCO)sc4ccccc34)C2)c2ccccc21. The number of aliphatic hydroxyl groups excluding tert-OH is 1. The lowest BCUT2D eigenvalue weighted by atomic mass is 10.0. The number of benzene rings is 2. The van der Waals surface area contributed by atoms with Crippen LogP contribution in [0.2, 0.25) is 0 Å². The highest BCUT2D eigenvalue weighted by Gasteiger charge is 2.30. The van der Waals surface area contributed by atoms with E-state index >= 15 is 0 Å². The number of amides is 1. The van der Waals surface area contributed by atoms with Crippen molar-refractivity contribution in [2.75, 3.05) is 32.8 Å². The summed E-state index contributed by atoms with van der Waals surface area (Å²) in [6.07, 6.45) is 2.04. The molecule has 1 atom stereocenters. The number of fused-ring (bicyclic) bond motifs is 2. The number of carbonyl (C=O) groups excluding carboxylic acids is 1. The van der Waals surface area contributed by atoms with Crippen molar-refractivity contribution in [3.8, 4) is 0 Å². The fourth-order valence-electron chi connectivity index (χ4n) is 4.62. The maximum absolute atomic E-state index is 12.9. The molecule has 0 radical (unpaired) electrons. The predicted octanol–water partition coefficient (Wildman–Crippen LogP) is 3.69. The van der Waals surface area contributed by atoms with E-state index < -0.39 is 0 Å². The van der Waals surface area contributed by atoms with Crippen LogP contribution in [0.25, 0.3) is 21.0 Å². The van der Waals surface area contributed by atoms with E-state index in [1.807, 2.05) is 18.2 Å². The van der Waals surface area contributed by atoms with Gasteiger partial charge in [-0.1, -0.05) is 36.4 Å². The second-order valence-electron chi connectivity index (χ2n) is 8.20. The van der Waals surface area contributed by atoms with Crippen LogP contribution in [0.5, 0.6) is 0 Å². The molecule has 0 aliphatic carbocycles. The molecule has 2 N–H and O–H groups in total. The van der Waals surface area contributed by atoms with Gasteiger partial charge < -0.3 is 19.7 Å². The van der Waals surface area contributed by atoms with Crippen LogP contribution in [0.15, 0.2) is 54.7 Å². The zero-order valence-electron chi connectivity index (χ0n) is 18.1. The van der Waals surface area contributed by atoms with Crippen molar-refractivity contribution >= 4 is 38.2 Å². The monoisotopic (exact) mass is 449 g/mol. The summed E-state index contributed by atoms with van der Waals surface area (Å²) in [5.41, 5.74) is 3.50. The number of aromatic nitrogens is 1. The van der Waals surface area contributed by atoms with E-state index in [-0.39, 0.29) is 25.2 Å². The Balaban J connectivity index is 1.44. The van der Waals surface area contributed by atoms with Crippen molar-refractivity contribution in [2.45, 2.75) is 12.6 Å². The van der Waals surface area contributed by atoms with E-state index in [1.54, 1.807) is 0 Å². The summed E-state index contributed by atoms with van der Waals surface area (Å²) in [5, 5.41) is 14.3. The van der Waals surface area contributed by atoms with E-state index in [0.29, 0.717) is 11.5 Å². The number of nitrogens with one attached hydrogen (secondary N) is 1. The first-order chi connectivity index (χ1) is 15.7. The Kier molecular flexibility index (Phi) is 5.97. The van der Waals surface area contributed by atoms with E-state index in [0.717, 1.165) is 35.3 Å². The predicted molar refractivity (Wildman–Crippen MR) is 128 cm³/mol. The minimum Gasteiger partial charge on any atom is -0.395 e. The first kappa shape index (κ1) is 21.2. The zero-order valence-corrected chi connectivity index (χ0v) is 18.9. The molecule has 6 nitrogen and oxygen atoms in total. The lowest BCUT2D eigenvalue weighted by Crippen LogP contribution is -2.38. The third-order valence-electron chi connectivity index (χ3n) is 6.08. The molecule has 5 rings (SSSR count). The molecule has 1 fully saturated rings. The van der Waals surface area contributed by atoms with Crippen molar-refractivity contribution in [3.05, 3.63) is 70.7 Å². The van der Waals surface area contributed by atoms with Gasteiger partial charge in [0.05, 0.1) is 24.2 Å². The van der Waals surface area contributed by atoms with Crippen LogP contribution >= 0.6 is 11.3 Å². The van der Waals surface area contributed by atoms with E-state index in [2.05, 4.69) is 58.4 Å². The Bertz CT molecular complexity index is 1260.